The van der Waals surface area contributed by atoms with Crippen molar-refractivity contribution in [2.75, 3.05) is 54.5 Å². The summed E-state index contributed by atoms with van der Waals surface area (Å²) in [6.07, 6.45) is 2.01. The van der Waals surface area contributed by atoms with E-state index in [4.69, 9.17) is 17.0 Å². The van der Waals surface area contributed by atoms with Gasteiger partial charge in [0.05, 0.1) is 18.1 Å². The van der Waals surface area contributed by atoms with Gasteiger partial charge in [-0.25, -0.2) is 0 Å². The van der Waals surface area contributed by atoms with E-state index in [2.05, 4.69) is 15.5 Å². The van der Waals surface area contributed by atoms with Gasteiger partial charge in [0.15, 0.2) is 5.11 Å². The highest BCUT2D eigenvalue weighted by Crippen LogP contribution is 2.31. The Hall–Kier alpha value is -3.24. The van der Waals surface area contributed by atoms with Crippen molar-refractivity contribution in [3.63, 3.8) is 0 Å². The molecule has 10 heteroatoms. The summed E-state index contributed by atoms with van der Waals surface area (Å²) in [5.74, 6) is -0.497. The van der Waals surface area contributed by atoms with Crippen LogP contribution in [0.25, 0.3) is 0 Å². The molecule has 2 aromatic rings. The van der Waals surface area contributed by atoms with Crippen molar-refractivity contribution in [2.45, 2.75) is 12.8 Å². The van der Waals surface area contributed by atoms with Gasteiger partial charge in [0, 0.05) is 49.2 Å². The summed E-state index contributed by atoms with van der Waals surface area (Å²) in [5, 5.41) is 17.3. The molecular weight excluding hydrogens is 430 g/mol. The van der Waals surface area contributed by atoms with Gasteiger partial charge >= 0.3 is 0 Å². The smallest absolute Gasteiger partial charge is 0.293 e. The zero-order valence-corrected chi connectivity index (χ0v) is 18.4. The molecule has 4 rings (SSSR count). The first-order valence-electron chi connectivity index (χ1n) is 10.6. The van der Waals surface area contributed by atoms with Gasteiger partial charge in [-0.15, -0.1) is 0 Å². The molecule has 2 aliphatic rings. The maximum atomic E-state index is 12.6. The van der Waals surface area contributed by atoms with Gasteiger partial charge in [0.25, 0.3) is 11.6 Å². The maximum Gasteiger partial charge on any atom is 0.293 e. The molecular formula is C22H25N5O4S. The lowest BCUT2D eigenvalue weighted by molar-refractivity contribution is -0.384. The first kappa shape index (κ1) is 22.0. The highest BCUT2D eigenvalue weighted by molar-refractivity contribution is 7.80. The van der Waals surface area contributed by atoms with Gasteiger partial charge in [-0.2, -0.15) is 0 Å². The van der Waals surface area contributed by atoms with Crippen LogP contribution >= 0.6 is 12.2 Å². The van der Waals surface area contributed by atoms with Gasteiger partial charge in [0.2, 0.25) is 0 Å². The van der Waals surface area contributed by atoms with Crippen molar-refractivity contribution in [1.82, 2.24) is 5.32 Å². The lowest BCUT2D eigenvalue weighted by Crippen LogP contribution is -2.36. The van der Waals surface area contributed by atoms with Crippen LogP contribution in [-0.4, -0.2) is 55.3 Å². The standard InChI is InChI=1S/C22H25N5O4S/c28-21(16-3-8-19(20(15-16)27(29)30)26-9-1-2-10-26)24-22(32)23-17-4-6-18(7-5-17)25-11-13-31-14-12-25/h3-8,15H,1-2,9-14H2,(H2,23,24,28,32). The minimum atomic E-state index is -0.497. The molecule has 0 radical (unpaired) electrons. The third kappa shape index (κ3) is 5.14. The van der Waals surface area contributed by atoms with Gasteiger partial charge in [0.1, 0.15) is 5.69 Å². The Balaban J connectivity index is 1.38. The zero-order valence-electron chi connectivity index (χ0n) is 17.6. The third-order valence-electron chi connectivity index (χ3n) is 5.61. The zero-order chi connectivity index (χ0) is 22.5. The van der Waals surface area contributed by atoms with Crippen molar-refractivity contribution in [3.8, 4) is 0 Å². The molecule has 168 valence electrons. The summed E-state index contributed by atoms with van der Waals surface area (Å²) in [6.45, 7) is 4.70. The highest BCUT2D eigenvalue weighted by atomic mass is 32.1. The molecule has 0 unspecified atom stereocenters. The number of carbonyl (C=O) groups is 1. The van der Waals surface area contributed by atoms with Crippen LogP contribution in [0.1, 0.15) is 23.2 Å². The summed E-state index contributed by atoms with van der Waals surface area (Å²) in [4.78, 5) is 28.0. The number of hydrogen-bond acceptors (Lipinski definition) is 7. The number of nitrogens with one attached hydrogen (secondary N) is 2. The molecule has 0 bridgehead atoms. The number of morpholine rings is 1. The largest absolute Gasteiger partial charge is 0.378 e. The van der Waals surface area contributed by atoms with Crippen LogP contribution in [0.15, 0.2) is 42.5 Å². The van der Waals surface area contributed by atoms with E-state index in [9.17, 15) is 14.9 Å². The first-order valence-corrected chi connectivity index (χ1v) is 11.0. The maximum absolute atomic E-state index is 12.6. The molecule has 0 aromatic heterocycles. The fourth-order valence-electron chi connectivity index (χ4n) is 3.95. The normalized spacial score (nSPS) is 16.0. The van der Waals surface area contributed by atoms with Gasteiger partial charge in [-0.3, -0.25) is 20.2 Å². The van der Waals surface area contributed by atoms with Crippen molar-refractivity contribution >= 4 is 46.0 Å². The average molecular weight is 456 g/mol. The number of carbonyl (C=O) groups excluding carboxylic acids is 1. The SMILES string of the molecule is O=C(NC(=S)Nc1ccc(N2CCOCC2)cc1)c1ccc(N2CCCC2)c([N+](=O)[O-])c1. The quantitative estimate of drug-likeness (QED) is 0.403. The number of benzene rings is 2. The van der Waals surface area contributed by atoms with Gasteiger partial charge in [-0.1, -0.05) is 0 Å². The van der Waals surface area contributed by atoms with E-state index in [1.807, 2.05) is 29.2 Å². The Labute approximate surface area is 191 Å². The lowest BCUT2D eigenvalue weighted by Gasteiger charge is -2.28. The monoisotopic (exact) mass is 455 g/mol. The Morgan fingerprint density at radius 1 is 1.00 bits per heavy atom. The van der Waals surface area contributed by atoms with Gasteiger partial charge < -0.3 is 19.9 Å². The van der Waals surface area contributed by atoms with Crippen LogP contribution in [0.5, 0.6) is 0 Å². The molecule has 2 heterocycles. The van der Waals surface area contributed by atoms with Crippen molar-refractivity contribution in [1.29, 1.82) is 0 Å². The molecule has 2 fully saturated rings. The van der Waals surface area contributed by atoms with Crippen molar-refractivity contribution in [3.05, 3.63) is 58.1 Å². The van der Waals surface area contributed by atoms with E-state index in [0.29, 0.717) is 18.9 Å². The molecule has 2 N–H and O–H groups in total. The van der Waals surface area contributed by atoms with E-state index < -0.39 is 10.8 Å². The number of nitrogens with zero attached hydrogens (tertiary/aromatic N) is 3. The fourth-order valence-corrected chi connectivity index (χ4v) is 4.16. The number of rotatable bonds is 5. The van der Waals surface area contributed by atoms with Crippen LogP contribution in [0, 0.1) is 10.1 Å². The Bertz CT molecular complexity index is 1000. The third-order valence-corrected chi connectivity index (χ3v) is 5.81. The number of ether oxygens (including phenoxy) is 1. The van der Waals surface area contributed by atoms with Crippen molar-refractivity contribution < 1.29 is 14.5 Å². The van der Waals surface area contributed by atoms with Crippen LogP contribution in [0.4, 0.5) is 22.7 Å². The summed E-state index contributed by atoms with van der Waals surface area (Å²) < 4.78 is 5.37. The Kier molecular flexibility index (Phi) is 6.81. The second kappa shape index (κ2) is 9.92. The van der Waals surface area contributed by atoms with Gasteiger partial charge in [-0.05, 0) is 61.5 Å². The highest BCUT2D eigenvalue weighted by Gasteiger charge is 2.24. The average Bonchev–Trinajstić information content (AvgIpc) is 3.34. The van der Waals surface area contributed by atoms with Crippen LogP contribution in [-0.2, 0) is 4.74 Å². The van der Waals surface area contributed by atoms with E-state index in [0.717, 1.165) is 50.4 Å². The molecule has 2 saturated heterocycles. The molecule has 0 saturated carbocycles. The number of thiocarbonyl (C=S) groups is 1. The number of nitro benzene ring substituents is 1. The predicted octanol–water partition coefficient (Wildman–Crippen LogP) is 3.16. The van der Waals surface area contributed by atoms with E-state index in [1.165, 1.54) is 6.07 Å². The molecule has 1 amide bonds. The van der Waals surface area contributed by atoms with E-state index in [1.54, 1.807) is 12.1 Å². The predicted molar refractivity (Wildman–Crippen MR) is 128 cm³/mol. The number of anilines is 3. The molecule has 2 aliphatic heterocycles. The summed E-state index contributed by atoms with van der Waals surface area (Å²) >= 11 is 5.26. The summed E-state index contributed by atoms with van der Waals surface area (Å²) in [5.41, 5.74) is 2.50. The summed E-state index contributed by atoms with van der Waals surface area (Å²) in [7, 11) is 0. The minimum Gasteiger partial charge on any atom is -0.378 e. The summed E-state index contributed by atoms with van der Waals surface area (Å²) in [6, 6.07) is 12.3. The second-order valence-electron chi connectivity index (χ2n) is 7.71. The number of hydrogen-bond donors (Lipinski definition) is 2. The number of nitro groups is 1. The second-order valence-corrected chi connectivity index (χ2v) is 8.12. The molecule has 0 spiro atoms. The minimum absolute atomic E-state index is 0.0721. The molecule has 32 heavy (non-hydrogen) atoms. The fraction of sp³-hybridized carbons (Fsp3) is 0.364. The first-order chi connectivity index (χ1) is 15.5. The van der Waals surface area contributed by atoms with Crippen LogP contribution in [0.2, 0.25) is 0 Å². The molecule has 2 aromatic carbocycles. The molecule has 0 atom stereocenters. The lowest BCUT2D eigenvalue weighted by atomic mass is 10.1. The van der Waals surface area contributed by atoms with Crippen LogP contribution < -0.4 is 20.4 Å². The van der Waals surface area contributed by atoms with Crippen molar-refractivity contribution in [2.24, 2.45) is 0 Å². The topological polar surface area (TPSA) is 100.0 Å². The number of amides is 1. The van der Waals surface area contributed by atoms with E-state index >= 15 is 0 Å². The Morgan fingerprint density at radius 3 is 2.34 bits per heavy atom. The van der Waals surface area contributed by atoms with Crippen LogP contribution in [0.3, 0.4) is 0 Å². The molecule has 9 nitrogen and oxygen atoms in total. The Morgan fingerprint density at radius 2 is 1.69 bits per heavy atom. The molecule has 0 aliphatic carbocycles. The van der Waals surface area contributed by atoms with E-state index in [-0.39, 0.29) is 16.4 Å².